The highest BCUT2D eigenvalue weighted by Crippen LogP contribution is 2.31. The van der Waals surface area contributed by atoms with Gasteiger partial charge in [0.25, 0.3) is 5.91 Å². The van der Waals surface area contributed by atoms with E-state index < -0.39 is 0 Å². The zero-order valence-electron chi connectivity index (χ0n) is 22.2. The van der Waals surface area contributed by atoms with Crippen LogP contribution in [-0.4, -0.2) is 51.7 Å². The molecule has 1 amide bonds. The Hall–Kier alpha value is -4.29. The van der Waals surface area contributed by atoms with Crippen molar-refractivity contribution >= 4 is 17.3 Å². The molecule has 0 aliphatic heterocycles. The van der Waals surface area contributed by atoms with E-state index in [2.05, 4.69) is 46.8 Å². The van der Waals surface area contributed by atoms with E-state index in [4.69, 9.17) is 9.47 Å². The minimum atomic E-state index is -0.204. The normalized spacial score (nSPS) is 10.7. The molecule has 0 aliphatic carbocycles. The molecule has 38 heavy (non-hydrogen) atoms. The number of amides is 1. The van der Waals surface area contributed by atoms with Crippen molar-refractivity contribution < 1.29 is 14.3 Å². The van der Waals surface area contributed by atoms with Gasteiger partial charge in [-0.1, -0.05) is 66.7 Å². The number of ether oxygens (including phenoxy) is 2. The Labute approximate surface area is 225 Å². The molecule has 0 spiro atoms. The average Bonchev–Trinajstić information content (AvgIpc) is 2.97. The molecule has 2 N–H and O–H groups in total. The molecule has 0 atom stereocenters. The van der Waals surface area contributed by atoms with Gasteiger partial charge >= 0.3 is 0 Å². The van der Waals surface area contributed by atoms with Crippen LogP contribution < -0.4 is 20.1 Å². The van der Waals surface area contributed by atoms with Crippen LogP contribution in [0, 0.1) is 0 Å². The molecule has 0 radical (unpaired) electrons. The lowest BCUT2D eigenvalue weighted by molar-refractivity contribution is 0.102. The van der Waals surface area contributed by atoms with Gasteiger partial charge in [0.15, 0.2) is 11.5 Å². The Balaban J connectivity index is 1.34. The third kappa shape index (κ3) is 7.14. The molecule has 6 nitrogen and oxygen atoms in total. The quantitative estimate of drug-likeness (QED) is 0.238. The van der Waals surface area contributed by atoms with E-state index in [0.717, 1.165) is 36.3 Å². The largest absolute Gasteiger partial charge is 0.493 e. The van der Waals surface area contributed by atoms with E-state index in [1.54, 1.807) is 13.2 Å². The summed E-state index contributed by atoms with van der Waals surface area (Å²) in [7, 11) is 5.50. The monoisotopic (exact) mass is 509 g/mol. The van der Waals surface area contributed by atoms with Crippen LogP contribution in [0.1, 0.15) is 15.9 Å². The molecular weight excluding hydrogens is 474 g/mol. The second kappa shape index (κ2) is 13.3. The lowest BCUT2D eigenvalue weighted by atomic mass is 10.0. The van der Waals surface area contributed by atoms with Crippen LogP contribution in [0.2, 0.25) is 0 Å². The van der Waals surface area contributed by atoms with Crippen LogP contribution in [0.15, 0.2) is 97.1 Å². The summed E-state index contributed by atoms with van der Waals surface area (Å²) in [5, 5.41) is 6.12. The SMILES string of the molecule is CNc1cc(-c2ccccc2)ccc1C(=O)Nc1ccc(OCCN(C)CCc2ccccc2)c(OC)c1. The number of likely N-dealkylation sites (N-methyl/N-ethyl adjacent to an activating group) is 1. The van der Waals surface area contributed by atoms with Gasteiger partial charge in [0, 0.05) is 37.6 Å². The summed E-state index contributed by atoms with van der Waals surface area (Å²) < 4.78 is 11.5. The van der Waals surface area contributed by atoms with E-state index >= 15 is 0 Å². The van der Waals surface area contributed by atoms with Gasteiger partial charge in [0.1, 0.15) is 6.61 Å². The number of carbonyl (C=O) groups is 1. The molecule has 0 unspecified atom stereocenters. The summed E-state index contributed by atoms with van der Waals surface area (Å²) in [6.45, 7) is 2.28. The van der Waals surface area contributed by atoms with Crippen LogP contribution in [0.4, 0.5) is 11.4 Å². The Bertz CT molecular complexity index is 1330. The molecule has 0 saturated heterocycles. The first kappa shape index (κ1) is 26.8. The van der Waals surface area contributed by atoms with Crippen LogP contribution >= 0.6 is 0 Å². The number of nitrogens with one attached hydrogen (secondary N) is 2. The standard InChI is InChI=1S/C32H35N3O3/c1-33-29-22-26(25-12-8-5-9-13-25)14-16-28(29)32(36)34-27-15-17-30(31(23-27)37-3)38-21-20-35(2)19-18-24-10-6-4-7-11-24/h4-17,22-23,33H,18-21H2,1-3H3,(H,34,36). The van der Waals surface area contributed by atoms with E-state index in [-0.39, 0.29) is 5.91 Å². The fourth-order valence-electron chi connectivity index (χ4n) is 4.21. The van der Waals surface area contributed by atoms with Gasteiger partial charge in [-0.3, -0.25) is 4.79 Å². The Morgan fingerprint density at radius 1 is 0.816 bits per heavy atom. The van der Waals surface area contributed by atoms with Crippen LogP contribution in [-0.2, 0) is 6.42 Å². The maximum absolute atomic E-state index is 13.1. The zero-order valence-corrected chi connectivity index (χ0v) is 22.2. The molecule has 6 heteroatoms. The molecule has 0 aliphatic rings. The second-order valence-corrected chi connectivity index (χ2v) is 9.08. The third-order valence-electron chi connectivity index (χ3n) is 6.42. The van der Waals surface area contributed by atoms with Crippen molar-refractivity contribution in [3.05, 3.63) is 108 Å². The maximum atomic E-state index is 13.1. The summed E-state index contributed by atoms with van der Waals surface area (Å²) in [5.41, 5.74) is 5.41. The number of methoxy groups -OCH3 is 1. The van der Waals surface area contributed by atoms with Crippen LogP contribution in [0.25, 0.3) is 11.1 Å². The first-order valence-corrected chi connectivity index (χ1v) is 12.8. The molecule has 0 fully saturated rings. The van der Waals surface area contributed by atoms with Crippen molar-refractivity contribution in [1.82, 2.24) is 4.90 Å². The van der Waals surface area contributed by atoms with Gasteiger partial charge in [0.05, 0.1) is 12.7 Å². The predicted octanol–water partition coefficient (Wildman–Crippen LogP) is 6.21. The number of anilines is 2. The Morgan fingerprint density at radius 2 is 1.55 bits per heavy atom. The van der Waals surface area contributed by atoms with Gasteiger partial charge in [-0.15, -0.1) is 0 Å². The lowest BCUT2D eigenvalue weighted by Crippen LogP contribution is -2.26. The molecule has 0 heterocycles. The van der Waals surface area contributed by atoms with Crippen LogP contribution in [0.5, 0.6) is 11.5 Å². The van der Waals surface area contributed by atoms with Crippen molar-refractivity contribution in [3.63, 3.8) is 0 Å². The average molecular weight is 510 g/mol. The minimum Gasteiger partial charge on any atom is -0.493 e. The molecule has 196 valence electrons. The lowest BCUT2D eigenvalue weighted by Gasteiger charge is -2.18. The highest BCUT2D eigenvalue weighted by Gasteiger charge is 2.14. The number of benzene rings is 4. The van der Waals surface area contributed by atoms with E-state index in [1.807, 2.05) is 73.8 Å². The molecule has 4 rings (SSSR count). The van der Waals surface area contributed by atoms with Crippen molar-refractivity contribution in [2.45, 2.75) is 6.42 Å². The first-order chi connectivity index (χ1) is 18.6. The van der Waals surface area contributed by atoms with Gasteiger partial charge in [0.2, 0.25) is 0 Å². The number of nitrogens with zero attached hydrogens (tertiary/aromatic N) is 1. The molecular formula is C32H35N3O3. The van der Waals surface area contributed by atoms with Crippen molar-refractivity contribution in [2.24, 2.45) is 0 Å². The smallest absolute Gasteiger partial charge is 0.257 e. The van der Waals surface area contributed by atoms with Gasteiger partial charge in [-0.05, 0) is 54.4 Å². The van der Waals surface area contributed by atoms with Crippen molar-refractivity contribution in [1.29, 1.82) is 0 Å². The first-order valence-electron chi connectivity index (χ1n) is 12.8. The van der Waals surface area contributed by atoms with Gasteiger partial charge in [-0.25, -0.2) is 0 Å². The number of hydrogen-bond donors (Lipinski definition) is 2. The molecule has 0 bridgehead atoms. The number of hydrogen-bond acceptors (Lipinski definition) is 5. The second-order valence-electron chi connectivity index (χ2n) is 9.08. The summed E-state index contributed by atoms with van der Waals surface area (Å²) in [6, 6.07) is 31.8. The van der Waals surface area contributed by atoms with Crippen molar-refractivity contribution in [2.75, 3.05) is 51.5 Å². The number of carbonyl (C=O) groups excluding carboxylic acids is 1. The van der Waals surface area contributed by atoms with Crippen molar-refractivity contribution in [3.8, 4) is 22.6 Å². The fourth-order valence-corrected chi connectivity index (χ4v) is 4.21. The molecule has 4 aromatic rings. The maximum Gasteiger partial charge on any atom is 0.257 e. The summed E-state index contributed by atoms with van der Waals surface area (Å²) >= 11 is 0. The fraction of sp³-hybridized carbons (Fsp3) is 0.219. The molecule has 0 saturated carbocycles. The summed E-state index contributed by atoms with van der Waals surface area (Å²) in [5.74, 6) is 1.01. The molecule has 4 aromatic carbocycles. The Morgan fingerprint density at radius 3 is 2.26 bits per heavy atom. The minimum absolute atomic E-state index is 0.204. The van der Waals surface area contributed by atoms with Gasteiger partial charge < -0.3 is 25.0 Å². The van der Waals surface area contributed by atoms with Gasteiger partial charge in [-0.2, -0.15) is 0 Å². The summed E-state index contributed by atoms with van der Waals surface area (Å²) in [4.78, 5) is 15.4. The number of rotatable bonds is 12. The van der Waals surface area contributed by atoms with E-state index in [0.29, 0.717) is 29.4 Å². The Kier molecular flexibility index (Phi) is 9.37. The topological polar surface area (TPSA) is 62.8 Å². The predicted molar refractivity (Wildman–Crippen MR) is 156 cm³/mol. The third-order valence-corrected chi connectivity index (χ3v) is 6.42. The highest BCUT2D eigenvalue weighted by atomic mass is 16.5. The van der Waals surface area contributed by atoms with E-state index in [1.165, 1.54) is 5.56 Å². The zero-order chi connectivity index (χ0) is 26.7. The molecule has 0 aromatic heterocycles. The van der Waals surface area contributed by atoms with E-state index in [9.17, 15) is 4.79 Å². The van der Waals surface area contributed by atoms with Crippen LogP contribution in [0.3, 0.4) is 0 Å². The highest BCUT2D eigenvalue weighted by molar-refractivity contribution is 6.08. The summed E-state index contributed by atoms with van der Waals surface area (Å²) in [6.07, 6.45) is 0.999.